The monoisotopic (exact) mass is 1180 g/mol. The molecule has 0 atom stereocenters. The fourth-order valence-electron chi connectivity index (χ4n) is 7.77. The van der Waals surface area contributed by atoms with Gasteiger partial charge in [-0.05, 0) is 133 Å². The smallest absolute Gasteiger partial charge is 0.137 e. The zero-order valence-electron chi connectivity index (χ0n) is 37.6. The summed E-state index contributed by atoms with van der Waals surface area (Å²) in [4.78, 5) is 38.8. The van der Waals surface area contributed by atoms with Crippen LogP contribution in [0.1, 0.15) is 132 Å². The quantitative estimate of drug-likeness (QED) is 0.301. The van der Waals surface area contributed by atoms with Gasteiger partial charge in [-0.15, -0.1) is 0 Å². The van der Waals surface area contributed by atoms with Gasteiger partial charge < -0.3 is 45.4 Å². The Kier molecular flexibility index (Phi) is 27.0. The number of hydrogen-bond acceptors (Lipinski definition) is 12. The SMILES string of the molecule is CC(C)(C)OC(=O)NC1CCN(C2(C)CCOCC2)CC1.CC(C)(C)OC(=O)NC1CCNCC1.CC1(N2CCC(N)CC2)CCOCC1.I[I-]I.O=C1CCOCC1. The van der Waals surface area contributed by atoms with E-state index >= 15 is 0 Å². The third-order valence-corrected chi connectivity index (χ3v) is 11.5. The molecule has 6 rings (SSSR count). The van der Waals surface area contributed by atoms with Crippen LogP contribution in [0.3, 0.4) is 0 Å². The van der Waals surface area contributed by atoms with Crippen molar-refractivity contribution in [3.05, 3.63) is 0 Å². The van der Waals surface area contributed by atoms with E-state index in [9.17, 15) is 14.4 Å². The molecule has 2 amide bonds. The molecule has 6 heterocycles. The summed E-state index contributed by atoms with van der Waals surface area (Å²) in [6.45, 7) is 27.3. The number of hydrogen-bond donors (Lipinski definition) is 4. The van der Waals surface area contributed by atoms with Crippen LogP contribution in [0.25, 0.3) is 0 Å². The summed E-state index contributed by atoms with van der Waals surface area (Å²) >= 11 is 5.30. The molecule has 59 heavy (non-hydrogen) atoms. The van der Waals surface area contributed by atoms with E-state index in [-0.39, 0.29) is 29.8 Å². The van der Waals surface area contributed by atoms with E-state index < -0.39 is 11.2 Å². The molecule has 17 heteroatoms. The van der Waals surface area contributed by atoms with Crippen LogP contribution in [-0.4, -0.2) is 147 Å². The Morgan fingerprint density at radius 1 is 0.678 bits per heavy atom. The zero-order valence-corrected chi connectivity index (χ0v) is 44.0. The molecule has 0 unspecified atom stereocenters. The molecule has 6 fully saturated rings. The summed E-state index contributed by atoms with van der Waals surface area (Å²) in [6, 6.07) is 0.945. The van der Waals surface area contributed by atoms with Crippen molar-refractivity contribution in [1.29, 1.82) is 0 Å². The van der Waals surface area contributed by atoms with Crippen LogP contribution < -0.4 is 34.9 Å². The molecule has 6 aliphatic heterocycles. The van der Waals surface area contributed by atoms with Crippen molar-refractivity contribution in [2.45, 2.75) is 173 Å². The molecular formula is C42H80I3N6O8-. The number of likely N-dealkylation sites (tertiary alicyclic amines) is 2. The van der Waals surface area contributed by atoms with Crippen LogP contribution in [0.4, 0.5) is 9.59 Å². The molecular weight excluding hydrogens is 1100 g/mol. The van der Waals surface area contributed by atoms with E-state index in [1.54, 1.807) is 0 Å². The second-order valence-electron chi connectivity index (χ2n) is 18.8. The fourth-order valence-corrected chi connectivity index (χ4v) is 7.77. The van der Waals surface area contributed by atoms with Crippen LogP contribution in [0, 0.1) is 0 Å². The van der Waals surface area contributed by atoms with Gasteiger partial charge in [0.2, 0.25) is 0 Å². The van der Waals surface area contributed by atoms with E-state index in [1.165, 1.54) is 25.9 Å². The van der Waals surface area contributed by atoms with Gasteiger partial charge in [0.25, 0.3) is 0 Å². The van der Waals surface area contributed by atoms with Crippen LogP contribution in [-0.2, 0) is 28.5 Å². The van der Waals surface area contributed by atoms with Gasteiger partial charge in [0.1, 0.15) is 17.0 Å². The number of halogens is 3. The first-order chi connectivity index (χ1) is 27.8. The van der Waals surface area contributed by atoms with Crippen molar-refractivity contribution < 1.29 is 51.3 Å². The van der Waals surface area contributed by atoms with Crippen molar-refractivity contribution in [2.24, 2.45) is 5.73 Å². The first-order valence-corrected chi connectivity index (χ1v) is 34.4. The number of nitrogens with one attached hydrogen (secondary N) is 3. The van der Waals surface area contributed by atoms with Gasteiger partial charge in [-0.25, -0.2) is 9.59 Å². The van der Waals surface area contributed by atoms with Gasteiger partial charge in [0.05, 0.1) is 13.2 Å². The molecule has 0 aromatic heterocycles. The second-order valence-corrected chi connectivity index (χ2v) is 35.1. The number of ether oxygens (including phenoxy) is 5. The summed E-state index contributed by atoms with van der Waals surface area (Å²) in [6.07, 6.45) is 11.5. The number of Topliss-reactive ketones (excluding diaryl/α,β-unsaturated/α-hetero) is 1. The average molecular weight is 1180 g/mol. The van der Waals surface area contributed by atoms with E-state index in [0.717, 1.165) is 104 Å². The summed E-state index contributed by atoms with van der Waals surface area (Å²) in [7, 11) is 0. The Morgan fingerprint density at radius 2 is 1.02 bits per heavy atom. The molecule has 0 aromatic carbocycles. The average Bonchev–Trinajstić information content (AvgIpc) is 3.16. The summed E-state index contributed by atoms with van der Waals surface area (Å²) in [5.41, 5.74) is 5.74. The van der Waals surface area contributed by atoms with Crippen LogP contribution in [0.2, 0.25) is 0 Å². The molecule has 0 bridgehead atoms. The number of amides is 2. The van der Waals surface area contributed by atoms with Gasteiger partial charge in [-0.2, -0.15) is 0 Å². The Morgan fingerprint density at radius 3 is 1.36 bits per heavy atom. The topological polar surface area (TPSA) is 166 Å². The number of carbonyl (C=O) groups is 3. The predicted octanol–water partition coefficient (Wildman–Crippen LogP) is 3.93. The van der Waals surface area contributed by atoms with Crippen LogP contribution in [0.15, 0.2) is 0 Å². The molecule has 0 saturated carbocycles. The molecule has 6 aliphatic rings. The van der Waals surface area contributed by atoms with E-state index in [2.05, 4.69) is 76.8 Å². The van der Waals surface area contributed by atoms with Crippen LogP contribution in [0.5, 0.6) is 0 Å². The largest absolute Gasteiger partial charge is 0.381 e. The Labute approximate surface area is 386 Å². The number of alkyl carbamates (subject to hydrolysis) is 2. The van der Waals surface area contributed by atoms with Crippen molar-refractivity contribution in [2.75, 3.05) is 78.9 Å². The maximum Gasteiger partial charge on any atom is 0.137 e. The minimum Gasteiger partial charge on any atom is -0.381 e. The molecule has 14 nitrogen and oxygen atoms in total. The van der Waals surface area contributed by atoms with Gasteiger partial charge in [-0.3, -0.25) is 14.6 Å². The number of nitrogens with zero attached hydrogens (tertiary/aromatic N) is 2. The number of piperidine rings is 3. The molecule has 6 saturated heterocycles. The fraction of sp³-hybridized carbons (Fsp3) is 0.929. The van der Waals surface area contributed by atoms with Crippen LogP contribution >= 0.6 is 37.2 Å². The number of carbonyl (C=O) groups excluding carboxylic acids is 3. The van der Waals surface area contributed by atoms with E-state index in [4.69, 9.17) is 29.4 Å². The van der Waals surface area contributed by atoms with Gasteiger partial charge in [0, 0.05) is 94.7 Å². The molecule has 0 aliphatic carbocycles. The predicted molar refractivity (Wildman–Crippen MR) is 248 cm³/mol. The first-order valence-electron chi connectivity index (χ1n) is 21.8. The molecule has 5 N–H and O–H groups in total. The summed E-state index contributed by atoms with van der Waals surface area (Å²) < 4.78 is 26.3. The maximum atomic E-state index is 11.8. The third-order valence-electron chi connectivity index (χ3n) is 11.5. The summed E-state index contributed by atoms with van der Waals surface area (Å²) in [5, 5.41) is 9.12. The summed E-state index contributed by atoms with van der Waals surface area (Å²) in [5.74, 6) is 0.339. The van der Waals surface area contributed by atoms with Crippen molar-refractivity contribution in [1.82, 2.24) is 25.8 Å². The standard InChI is InChI=1S/C16H30N2O3.C11H22N2O.C10H20N2O2.C5H8O2.I3/c1-15(2,3)21-14(19)17-13-5-9-18(10-6-13)16(4)7-11-20-12-8-16;1-11(4-8-14-9-5-11)13-6-2-10(12)3-7-13;1-10(2,3)14-9(13)12-8-4-6-11-7-5-8;6-5-1-3-7-4-2-5;1-3-2/h13H,5-12H2,1-4H3,(H,17,19);10H,2-9,12H2,1H3;8,11H,4-7H2,1-3H3,(H,12,13);1-4H2;/q;;;;-1. The van der Waals surface area contributed by atoms with Gasteiger partial charge in [0.15, 0.2) is 0 Å². The zero-order chi connectivity index (χ0) is 44.0. The Bertz CT molecular complexity index is 1170. The second kappa shape index (κ2) is 28.8. The Hall–Kier alpha value is 0.120. The van der Waals surface area contributed by atoms with Crippen molar-refractivity contribution in [3.8, 4) is 0 Å². The number of rotatable bonds is 4. The van der Waals surface area contributed by atoms with Gasteiger partial charge in [-0.1, -0.05) is 0 Å². The van der Waals surface area contributed by atoms with E-state index in [0.29, 0.717) is 56.7 Å². The van der Waals surface area contributed by atoms with Crippen molar-refractivity contribution >= 4 is 55.2 Å². The normalized spacial score (nSPS) is 23.5. The van der Waals surface area contributed by atoms with Gasteiger partial charge >= 0.3 is 62.7 Å². The molecule has 348 valence electrons. The first kappa shape index (κ1) is 55.3. The Balaban J connectivity index is 0.000000279. The van der Waals surface area contributed by atoms with E-state index in [1.807, 2.05) is 41.5 Å². The number of ketones is 1. The molecule has 0 radical (unpaired) electrons. The maximum absolute atomic E-state index is 11.8. The minimum absolute atomic E-state index is 0.236. The van der Waals surface area contributed by atoms with Crippen molar-refractivity contribution in [3.63, 3.8) is 0 Å². The third kappa shape index (κ3) is 24.7. The minimum atomic E-state index is -0.430. The number of nitrogens with two attached hydrogens (primary N) is 1. The molecule has 0 aromatic rings. The molecule has 0 spiro atoms.